The molecule has 1 aliphatic heterocycles. The molecule has 1 saturated heterocycles. The SMILES string of the molecule is O=C(O)CCC1CCN(C(=O)Nc2ccc(F)c(F)c2)C1. The molecule has 0 saturated carbocycles. The van der Waals surface area contributed by atoms with Gasteiger partial charge in [-0.1, -0.05) is 0 Å². The number of carboxylic acid groups (broad SMARTS) is 1. The number of carbonyl (C=O) groups is 2. The van der Waals surface area contributed by atoms with Crippen molar-refractivity contribution >= 4 is 17.7 Å². The first kappa shape index (κ1) is 15.2. The van der Waals surface area contributed by atoms with Gasteiger partial charge < -0.3 is 15.3 Å². The second kappa shape index (κ2) is 6.51. The Balaban J connectivity index is 1.86. The van der Waals surface area contributed by atoms with E-state index in [-0.39, 0.29) is 24.1 Å². The van der Waals surface area contributed by atoms with Crippen LogP contribution in [0.15, 0.2) is 18.2 Å². The van der Waals surface area contributed by atoms with Crippen LogP contribution in [0.5, 0.6) is 0 Å². The maximum atomic E-state index is 13.0. The highest BCUT2D eigenvalue weighted by atomic mass is 19.2. The topological polar surface area (TPSA) is 69.6 Å². The van der Waals surface area contributed by atoms with Crippen molar-refractivity contribution in [3.05, 3.63) is 29.8 Å². The summed E-state index contributed by atoms with van der Waals surface area (Å²) in [4.78, 5) is 24.0. The largest absolute Gasteiger partial charge is 0.481 e. The van der Waals surface area contributed by atoms with E-state index in [4.69, 9.17) is 5.11 Å². The molecule has 5 nitrogen and oxygen atoms in total. The summed E-state index contributed by atoms with van der Waals surface area (Å²) in [7, 11) is 0. The minimum atomic E-state index is -1.02. The first-order chi connectivity index (χ1) is 9.95. The minimum absolute atomic E-state index is 0.0866. The monoisotopic (exact) mass is 298 g/mol. The second-order valence-corrected chi connectivity index (χ2v) is 5.09. The Morgan fingerprint density at radius 3 is 2.76 bits per heavy atom. The molecule has 2 rings (SSSR count). The maximum absolute atomic E-state index is 13.0. The fourth-order valence-corrected chi connectivity index (χ4v) is 2.36. The number of nitrogens with one attached hydrogen (secondary N) is 1. The van der Waals surface area contributed by atoms with E-state index in [1.54, 1.807) is 4.90 Å². The van der Waals surface area contributed by atoms with Gasteiger partial charge in [-0.25, -0.2) is 13.6 Å². The van der Waals surface area contributed by atoms with E-state index in [1.807, 2.05) is 0 Å². The number of likely N-dealkylation sites (tertiary alicyclic amines) is 1. The molecule has 0 spiro atoms. The number of rotatable bonds is 4. The van der Waals surface area contributed by atoms with Crippen LogP contribution in [-0.2, 0) is 4.79 Å². The molecule has 1 aromatic rings. The van der Waals surface area contributed by atoms with Gasteiger partial charge in [-0.2, -0.15) is 0 Å². The summed E-state index contributed by atoms with van der Waals surface area (Å²) >= 11 is 0. The first-order valence-corrected chi connectivity index (χ1v) is 6.68. The molecule has 21 heavy (non-hydrogen) atoms. The van der Waals surface area contributed by atoms with Crippen LogP contribution in [0.3, 0.4) is 0 Å². The highest BCUT2D eigenvalue weighted by molar-refractivity contribution is 5.89. The van der Waals surface area contributed by atoms with Crippen LogP contribution in [0.1, 0.15) is 19.3 Å². The van der Waals surface area contributed by atoms with Gasteiger partial charge in [0.25, 0.3) is 0 Å². The molecule has 0 aliphatic carbocycles. The molecule has 0 bridgehead atoms. The number of halogens is 2. The zero-order valence-corrected chi connectivity index (χ0v) is 11.3. The van der Waals surface area contributed by atoms with E-state index < -0.39 is 17.6 Å². The third kappa shape index (κ3) is 4.14. The summed E-state index contributed by atoms with van der Waals surface area (Å²) in [5.74, 6) is -2.67. The van der Waals surface area contributed by atoms with Crippen LogP contribution in [0.2, 0.25) is 0 Å². The van der Waals surface area contributed by atoms with Crippen molar-refractivity contribution in [3.63, 3.8) is 0 Å². The van der Waals surface area contributed by atoms with Crippen molar-refractivity contribution < 1.29 is 23.5 Å². The average Bonchev–Trinajstić information content (AvgIpc) is 2.89. The molecule has 1 fully saturated rings. The van der Waals surface area contributed by atoms with Crippen LogP contribution in [-0.4, -0.2) is 35.1 Å². The number of carbonyl (C=O) groups excluding carboxylic acids is 1. The lowest BCUT2D eigenvalue weighted by molar-refractivity contribution is -0.137. The molecule has 1 heterocycles. The average molecular weight is 298 g/mol. The number of anilines is 1. The Morgan fingerprint density at radius 2 is 2.10 bits per heavy atom. The smallest absolute Gasteiger partial charge is 0.321 e. The molecular weight excluding hydrogens is 282 g/mol. The molecule has 2 N–H and O–H groups in total. The van der Waals surface area contributed by atoms with Crippen molar-refractivity contribution in [2.24, 2.45) is 5.92 Å². The van der Waals surface area contributed by atoms with Gasteiger partial charge in [0.15, 0.2) is 11.6 Å². The van der Waals surface area contributed by atoms with Crippen molar-refractivity contribution in [2.75, 3.05) is 18.4 Å². The lowest BCUT2D eigenvalue weighted by Crippen LogP contribution is -2.33. The molecule has 0 aromatic heterocycles. The number of benzene rings is 1. The van der Waals surface area contributed by atoms with E-state index in [2.05, 4.69) is 5.32 Å². The zero-order valence-electron chi connectivity index (χ0n) is 11.3. The highest BCUT2D eigenvalue weighted by Gasteiger charge is 2.26. The molecule has 1 aliphatic rings. The van der Waals surface area contributed by atoms with E-state index in [9.17, 15) is 18.4 Å². The quantitative estimate of drug-likeness (QED) is 0.898. The number of amides is 2. The van der Waals surface area contributed by atoms with Crippen LogP contribution in [0.25, 0.3) is 0 Å². The van der Waals surface area contributed by atoms with E-state index in [0.29, 0.717) is 19.5 Å². The molecule has 1 atom stereocenters. The fourth-order valence-electron chi connectivity index (χ4n) is 2.36. The van der Waals surface area contributed by atoms with E-state index >= 15 is 0 Å². The second-order valence-electron chi connectivity index (χ2n) is 5.09. The molecule has 1 unspecified atom stereocenters. The summed E-state index contributed by atoms with van der Waals surface area (Å²) in [5.41, 5.74) is 0.188. The van der Waals surface area contributed by atoms with E-state index in [0.717, 1.165) is 18.6 Å². The van der Waals surface area contributed by atoms with Crippen molar-refractivity contribution in [1.82, 2.24) is 4.90 Å². The molecule has 0 radical (unpaired) electrons. The maximum Gasteiger partial charge on any atom is 0.321 e. The Labute approximate surface area is 120 Å². The number of urea groups is 1. The first-order valence-electron chi connectivity index (χ1n) is 6.68. The van der Waals surface area contributed by atoms with Gasteiger partial charge in [0, 0.05) is 31.3 Å². The summed E-state index contributed by atoms with van der Waals surface area (Å²) in [6, 6.07) is 2.77. The zero-order chi connectivity index (χ0) is 15.4. The van der Waals surface area contributed by atoms with Gasteiger partial charge in [-0.05, 0) is 30.9 Å². The Hall–Kier alpha value is -2.18. The Bertz CT molecular complexity index is 551. The predicted octanol–water partition coefficient (Wildman–Crippen LogP) is 2.68. The minimum Gasteiger partial charge on any atom is -0.481 e. The predicted molar refractivity (Wildman–Crippen MR) is 71.9 cm³/mol. The molecule has 114 valence electrons. The summed E-state index contributed by atoms with van der Waals surface area (Å²) in [6.07, 6.45) is 1.37. The lowest BCUT2D eigenvalue weighted by atomic mass is 10.0. The van der Waals surface area contributed by atoms with Gasteiger partial charge >= 0.3 is 12.0 Å². The van der Waals surface area contributed by atoms with Gasteiger partial charge in [0.05, 0.1) is 0 Å². The van der Waals surface area contributed by atoms with Gasteiger partial charge in [-0.15, -0.1) is 0 Å². The van der Waals surface area contributed by atoms with E-state index in [1.165, 1.54) is 6.07 Å². The molecule has 7 heteroatoms. The van der Waals surface area contributed by atoms with Crippen molar-refractivity contribution in [2.45, 2.75) is 19.3 Å². The van der Waals surface area contributed by atoms with Gasteiger partial charge in [-0.3, -0.25) is 4.79 Å². The standard InChI is InChI=1S/C14H16F2N2O3/c15-11-3-2-10(7-12(11)16)17-14(21)18-6-5-9(8-18)1-4-13(19)20/h2-3,7,9H,1,4-6,8H2,(H,17,21)(H,19,20). The molecule has 1 aromatic carbocycles. The van der Waals surface area contributed by atoms with Crippen molar-refractivity contribution in [3.8, 4) is 0 Å². The van der Waals surface area contributed by atoms with Gasteiger partial charge in [0.1, 0.15) is 0 Å². The highest BCUT2D eigenvalue weighted by Crippen LogP contribution is 2.22. The molecule has 2 amide bonds. The molecular formula is C14H16F2N2O3. The Morgan fingerprint density at radius 1 is 1.33 bits per heavy atom. The van der Waals surface area contributed by atoms with Crippen LogP contribution in [0.4, 0.5) is 19.3 Å². The lowest BCUT2D eigenvalue weighted by Gasteiger charge is -2.17. The third-order valence-corrected chi connectivity index (χ3v) is 3.51. The van der Waals surface area contributed by atoms with Crippen LogP contribution >= 0.6 is 0 Å². The summed E-state index contributed by atoms with van der Waals surface area (Å²) in [5, 5.41) is 11.1. The van der Waals surface area contributed by atoms with Crippen molar-refractivity contribution in [1.29, 1.82) is 0 Å². The number of hydrogen-bond acceptors (Lipinski definition) is 2. The third-order valence-electron chi connectivity index (χ3n) is 3.51. The Kier molecular flexibility index (Phi) is 4.72. The number of hydrogen-bond donors (Lipinski definition) is 2. The fraction of sp³-hybridized carbons (Fsp3) is 0.429. The summed E-state index contributed by atoms with van der Waals surface area (Å²) in [6.45, 7) is 1.00. The number of aliphatic carboxylic acids is 1. The number of carboxylic acids is 1. The summed E-state index contributed by atoms with van der Waals surface area (Å²) < 4.78 is 25.8. The van der Waals surface area contributed by atoms with Crippen LogP contribution < -0.4 is 5.32 Å². The number of nitrogens with zero attached hydrogens (tertiary/aromatic N) is 1. The van der Waals surface area contributed by atoms with Crippen LogP contribution in [0, 0.1) is 17.6 Å². The van der Waals surface area contributed by atoms with Gasteiger partial charge in [0.2, 0.25) is 0 Å². The normalized spacial score (nSPS) is 17.8.